The number of hydrogen-bond acceptors (Lipinski definition) is 2. The van der Waals surface area contributed by atoms with Gasteiger partial charge in [0.1, 0.15) is 14.6 Å². The van der Waals surface area contributed by atoms with Crippen LogP contribution >= 0.6 is 0 Å². The molecule has 4 nitrogen and oxygen atoms in total. The summed E-state index contributed by atoms with van der Waals surface area (Å²) in [6.45, 7) is 0. The van der Waals surface area contributed by atoms with Gasteiger partial charge in [0.05, 0.1) is 14.3 Å². The van der Waals surface area contributed by atoms with E-state index in [1.54, 1.807) is 42.4 Å². The third kappa shape index (κ3) is 2.48. The maximum atomic E-state index is 11.3. The third-order valence-corrected chi connectivity index (χ3v) is 3.00. The maximum Gasteiger partial charge on any atom is 0.285 e. The molecule has 0 aliphatic carbocycles. The fourth-order valence-corrected chi connectivity index (χ4v) is 2.05. The molecule has 3 fully saturated rings. The zero-order valence-electron chi connectivity index (χ0n) is 9.48. The van der Waals surface area contributed by atoms with E-state index in [9.17, 15) is 19.8 Å². The number of carboxylic acids is 2. The first-order valence-corrected chi connectivity index (χ1v) is 5.42. The Balaban J connectivity index is 2.14. The van der Waals surface area contributed by atoms with Gasteiger partial charge in [-0.3, -0.25) is 9.59 Å². The van der Waals surface area contributed by atoms with Gasteiger partial charge in [-0.2, -0.15) is 0 Å². The van der Waals surface area contributed by atoms with E-state index in [1.165, 1.54) is 28.9 Å². The molecule has 2 bridgehead atoms. The minimum atomic E-state index is -1.31. The molecule has 3 saturated heterocycles. The van der Waals surface area contributed by atoms with Crippen molar-refractivity contribution in [2.45, 2.75) is 10.2 Å². The topological polar surface area (TPSA) is 74.6 Å². The second-order valence-corrected chi connectivity index (χ2v) is 4.25. The molecule has 72 valence electrons. The molecule has 0 unspecified atom stereocenters. The molecule has 3 rings (SSSR count). The Hall–Kier alpha value is -0.411. The summed E-state index contributed by atoms with van der Waals surface area (Å²) in [6.07, 6.45) is 0. The average molecular weight is 222 g/mol. The summed E-state index contributed by atoms with van der Waals surface area (Å²) < 4.78 is 0. The second-order valence-electron chi connectivity index (χ2n) is 4.25. The Kier molecular flexibility index (Phi) is 4.12. The first-order valence-electron chi connectivity index (χ1n) is 5.42. The van der Waals surface area contributed by atoms with Crippen molar-refractivity contribution in [1.82, 2.24) is 0 Å². The van der Waals surface area contributed by atoms with Crippen LogP contribution in [0.4, 0.5) is 0 Å². The van der Waals surface area contributed by atoms with Crippen LogP contribution in [-0.2, 0) is 9.59 Å². The van der Waals surface area contributed by atoms with Crippen molar-refractivity contribution in [3.63, 3.8) is 0 Å². The molecule has 0 saturated carbocycles. The average Bonchev–Trinajstić information content (AvgIpc) is 2.32. The molecule has 2 N–H and O–H groups in total. The van der Waals surface area contributed by atoms with Gasteiger partial charge in [-0.25, -0.2) is 0 Å². The second kappa shape index (κ2) is 5.30. The largest absolute Gasteiger partial charge is 0.482 e. The molecular weight excluding hydrogens is 220 g/mol. The minimum absolute atomic E-state index is 1.08. The Labute approximate surface area is 113 Å². The van der Waals surface area contributed by atoms with E-state index in [4.69, 9.17) is 0 Å². The van der Waals surface area contributed by atoms with E-state index >= 15 is 0 Å². The molecule has 0 spiro atoms. The molecule has 18 heavy (non-hydrogen) atoms. The monoisotopic (exact) mass is 224 g/mol. The number of rotatable bonds is 2. The fraction of sp³-hybridized carbons (Fsp3) is 0.500. The predicted molar refractivity (Wildman–Crippen MR) is 78.2 cm³/mol. The van der Waals surface area contributed by atoms with Gasteiger partial charge in [-0.15, -0.1) is 0 Å². The van der Waals surface area contributed by atoms with Crippen LogP contribution in [0, 0.1) is 0 Å². The highest BCUT2D eigenvalue weighted by Crippen LogP contribution is 2.48. The molecule has 3 heterocycles. The van der Waals surface area contributed by atoms with Crippen molar-refractivity contribution in [1.29, 1.82) is 0 Å². The van der Waals surface area contributed by atoms with Crippen LogP contribution in [0.5, 0.6) is 0 Å². The van der Waals surface area contributed by atoms with E-state index in [-0.39, 0.29) is 0 Å². The van der Waals surface area contributed by atoms with Crippen LogP contribution in [0.3, 0.4) is 0 Å². The third-order valence-electron chi connectivity index (χ3n) is 3.00. The van der Waals surface area contributed by atoms with Crippen molar-refractivity contribution in [3.05, 3.63) is 0 Å². The summed E-state index contributed by atoms with van der Waals surface area (Å²) in [5.74, 6) is -2.16. The zero-order valence-corrected chi connectivity index (χ0v) is 9.48. The first-order chi connectivity index (χ1) is 8.51. The highest BCUT2D eigenvalue weighted by Gasteiger charge is 2.62. The van der Waals surface area contributed by atoms with Gasteiger partial charge in [-0.1, -0.05) is 0 Å². The molecule has 0 atom stereocenters. The summed E-state index contributed by atoms with van der Waals surface area (Å²) in [4.78, 5) is 22.5. The molecule has 3 aliphatic rings. The fourth-order valence-electron chi connectivity index (χ4n) is 2.05. The molecule has 3 aliphatic heterocycles. The quantitative estimate of drug-likeness (QED) is 0.464. The summed E-state index contributed by atoms with van der Waals surface area (Å²) >= 11 is 0. The molecule has 0 aromatic heterocycles. The molecular formula is C4H2B10O4. The van der Waals surface area contributed by atoms with E-state index in [0.29, 0.717) is 0 Å². The van der Waals surface area contributed by atoms with Crippen LogP contribution in [-0.4, -0.2) is 93.4 Å². The summed E-state index contributed by atoms with van der Waals surface area (Å²) in [5.41, 5.74) is 0. The minimum Gasteiger partial charge on any atom is -0.482 e. The highest BCUT2D eigenvalue weighted by atomic mass is 16.4. The van der Waals surface area contributed by atoms with E-state index < -0.39 is 22.2 Å². The van der Waals surface area contributed by atoms with Crippen LogP contribution in [0.25, 0.3) is 0 Å². The van der Waals surface area contributed by atoms with Gasteiger partial charge >= 0.3 is 0 Å². The zero-order chi connectivity index (χ0) is 13.2. The van der Waals surface area contributed by atoms with Crippen molar-refractivity contribution in [3.8, 4) is 0 Å². The molecule has 0 amide bonds. The highest BCUT2D eigenvalue weighted by molar-refractivity contribution is 7.67. The van der Waals surface area contributed by atoms with Gasteiger partial charge in [0.15, 0.2) is 0 Å². The van der Waals surface area contributed by atoms with Gasteiger partial charge in [0, 0.05) is 42.4 Å². The number of hydrogen-bond donors (Lipinski definition) is 2. The normalized spacial score (nSPS) is 32.7. The van der Waals surface area contributed by atoms with Crippen molar-refractivity contribution in [2.75, 3.05) is 0 Å². The maximum absolute atomic E-state index is 11.3. The molecule has 14 heteroatoms. The standard InChI is InChI=1S/C4H2B10O4/c15-1(16)3-5-4(6-3,2(17)18)8-10-12-14-13-11-9-7-3/h(H,15,16)(H,17,18). The van der Waals surface area contributed by atoms with Gasteiger partial charge in [0.2, 0.25) is 0 Å². The van der Waals surface area contributed by atoms with Crippen molar-refractivity contribution < 1.29 is 19.8 Å². The van der Waals surface area contributed by atoms with Crippen LogP contribution < -0.4 is 0 Å². The van der Waals surface area contributed by atoms with Crippen molar-refractivity contribution in [2.24, 2.45) is 0 Å². The Morgan fingerprint density at radius 1 is 0.667 bits per heavy atom. The lowest BCUT2D eigenvalue weighted by molar-refractivity contribution is -0.137. The van der Waals surface area contributed by atoms with Gasteiger partial charge in [0.25, 0.3) is 11.9 Å². The lowest BCUT2D eigenvalue weighted by atomic mass is 8.84. The molecule has 0 aromatic carbocycles. The lowest BCUT2D eigenvalue weighted by Gasteiger charge is -2.51. The first kappa shape index (κ1) is 14.0. The summed E-state index contributed by atoms with van der Waals surface area (Å²) in [5, 5.41) is 15.8. The molecule has 0 aromatic rings. The van der Waals surface area contributed by atoms with Crippen molar-refractivity contribution >= 4 is 83.2 Å². The Bertz CT molecular complexity index is 322. The number of fused-ring (bicyclic) bond motifs is 7. The number of carboxylic acid groups (broad SMARTS) is 2. The Morgan fingerprint density at radius 2 is 1.00 bits per heavy atom. The Morgan fingerprint density at radius 3 is 1.33 bits per heavy atom. The lowest BCUT2D eigenvalue weighted by Crippen LogP contribution is -2.67. The van der Waals surface area contributed by atoms with Gasteiger partial charge < -0.3 is 10.2 Å². The number of aliphatic carboxylic acids is 2. The van der Waals surface area contributed by atoms with Crippen LogP contribution in [0.1, 0.15) is 0 Å². The van der Waals surface area contributed by atoms with Gasteiger partial charge in [-0.05, 0) is 10.2 Å². The van der Waals surface area contributed by atoms with Crippen LogP contribution in [0.2, 0.25) is 10.2 Å². The molecule has 10 radical (unpaired) electrons. The van der Waals surface area contributed by atoms with E-state index in [0.717, 1.165) is 0 Å². The summed E-state index contributed by atoms with van der Waals surface area (Å²) in [7, 11) is 15.7. The van der Waals surface area contributed by atoms with E-state index in [1.807, 2.05) is 0 Å². The smallest absolute Gasteiger partial charge is 0.285 e. The number of carbonyl (C=O) groups is 2. The SMILES string of the molecule is O=C(O)C12[B][B][B][B][B][B][B][B]C(C(=O)O)([B]1)[B]2. The summed E-state index contributed by atoms with van der Waals surface area (Å²) in [6, 6.07) is 0. The predicted octanol–water partition coefficient (Wildman–Crippen LogP) is -4.22. The van der Waals surface area contributed by atoms with Crippen LogP contribution in [0.15, 0.2) is 0 Å². The van der Waals surface area contributed by atoms with E-state index in [2.05, 4.69) is 0 Å².